The fraction of sp³-hybridized carbons (Fsp3) is 0.542. The molecule has 0 spiro atoms. The van der Waals surface area contributed by atoms with Crippen molar-refractivity contribution in [1.29, 1.82) is 0 Å². The molecule has 2 aliphatic heterocycles. The van der Waals surface area contributed by atoms with Crippen molar-refractivity contribution in [3.05, 3.63) is 54.6 Å². The smallest absolute Gasteiger partial charge is 0.329 e. The molecule has 2 saturated heterocycles. The van der Waals surface area contributed by atoms with Gasteiger partial charge >= 0.3 is 5.97 Å². The van der Waals surface area contributed by atoms with Crippen molar-refractivity contribution < 1.29 is 38.6 Å². The first-order valence-electron chi connectivity index (χ1n) is 23.4. The van der Waals surface area contributed by atoms with Crippen molar-refractivity contribution >= 4 is 58.3 Å². The van der Waals surface area contributed by atoms with Crippen LogP contribution >= 0.6 is 0 Å². The van der Waals surface area contributed by atoms with Gasteiger partial charge in [0.1, 0.15) is 29.8 Å². The van der Waals surface area contributed by atoms with E-state index >= 15 is 0 Å². The minimum atomic E-state index is -0.927. The van der Waals surface area contributed by atoms with Crippen molar-refractivity contribution in [2.24, 2.45) is 12.5 Å². The molecule has 69 heavy (non-hydrogen) atoms. The van der Waals surface area contributed by atoms with E-state index in [1.54, 1.807) is 58.2 Å². The van der Waals surface area contributed by atoms with Crippen LogP contribution in [0, 0.1) is 5.41 Å². The van der Waals surface area contributed by atoms with E-state index < -0.39 is 47.0 Å². The molecule has 21 nitrogen and oxygen atoms in total. The quantitative estimate of drug-likeness (QED) is 0.0687. The first-order chi connectivity index (χ1) is 32.7. The number of anilines is 5. The molecular weight excluding hydrogens is 887 g/mol. The molecule has 5 N–H and O–H groups in total. The highest BCUT2D eigenvalue weighted by molar-refractivity contribution is 5.99. The van der Waals surface area contributed by atoms with Crippen LogP contribution in [0.1, 0.15) is 97.0 Å². The zero-order valence-corrected chi connectivity index (χ0v) is 41.2. The molecule has 0 bridgehead atoms. The Morgan fingerprint density at radius 3 is 2.22 bits per heavy atom. The number of unbranched alkanes of at least 4 members (excludes halogenated alkanes) is 3. The van der Waals surface area contributed by atoms with Gasteiger partial charge in [-0.15, -0.1) is 10.2 Å². The highest BCUT2D eigenvalue weighted by atomic mass is 16.6. The van der Waals surface area contributed by atoms with Crippen LogP contribution < -0.4 is 30.9 Å². The topological polar surface area (TPSA) is 251 Å². The molecular formula is C48H67N13O8. The molecule has 3 unspecified atom stereocenters. The summed E-state index contributed by atoms with van der Waals surface area (Å²) < 4.78 is 12.9. The van der Waals surface area contributed by atoms with Crippen LogP contribution in [0.4, 0.5) is 28.7 Å². The number of nitrogens with zero attached hydrogens (tertiary/aromatic N) is 9. The van der Waals surface area contributed by atoms with Crippen molar-refractivity contribution in [2.45, 2.75) is 110 Å². The Morgan fingerprint density at radius 1 is 0.870 bits per heavy atom. The Labute approximate surface area is 403 Å². The zero-order valence-electron chi connectivity index (χ0n) is 41.2. The molecule has 3 atom stereocenters. The van der Waals surface area contributed by atoms with Gasteiger partial charge in [-0.25, -0.2) is 14.8 Å². The van der Waals surface area contributed by atoms with Crippen molar-refractivity contribution in [3.63, 3.8) is 0 Å². The molecule has 1 aromatic carbocycles. The number of pyridine rings is 1. The summed E-state index contributed by atoms with van der Waals surface area (Å²) in [7, 11) is 4.84. The summed E-state index contributed by atoms with van der Waals surface area (Å²) >= 11 is 0. The monoisotopic (exact) mass is 954 g/mol. The van der Waals surface area contributed by atoms with Gasteiger partial charge in [0.05, 0.1) is 42.0 Å². The lowest BCUT2D eigenvalue weighted by Gasteiger charge is -2.36. The van der Waals surface area contributed by atoms with Gasteiger partial charge in [0.25, 0.3) is 5.91 Å². The van der Waals surface area contributed by atoms with Crippen LogP contribution in [-0.2, 0) is 31.0 Å². The Balaban J connectivity index is 0.934. The lowest BCUT2D eigenvalue weighted by molar-refractivity contribution is -0.164. The molecule has 0 aliphatic carbocycles. The second-order valence-corrected chi connectivity index (χ2v) is 19.4. The number of aryl methyl sites for hydroxylation is 1. The molecule has 372 valence electrons. The summed E-state index contributed by atoms with van der Waals surface area (Å²) in [6.07, 6.45) is 6.04. The number of esters is 1. The average molecular weight is 954 g/mol. The second kappa shape index (κ2) is 22.5. The highest BCUT2D eigenvalue weighted by Gasteiger charge is 2.46. The van der Waals surface area contributed by atoms with E-state index in [2.05, 4.69) is 51.4 Å². The van der Waals surface area contributed by atoms with E-state index in [-0.39, 0.29) is 36.9 Å². The molecule has 5 heterocycles. The Hall–Kier alpha value is -6.90. The van der Waals surface area contributed by atoms with Gasteiger partial charge in [0, 0.05) is 72.1 Å². The summed E-state index contributed by atoms with van der Waals surface area (Å²) in [6, 6.07) is 9.10. The fourth-order valence-electron chi connectivity index (χ4n) is 8.24. The number of benzene rings is 1. The second-order valence-electron chi connectivity index (χ2n) is 19.4. The Kier molecular flexibility index (Phi) is 16.8. The maximum absolute atomic E-state index is 13.8. The molecule has 6 rings (SSSR count). The molecule has 0 radical (unpaired) electrons. The maximum atomic E-state index is 13.8. The van der Waals surface area contributed by atoms with E-state index in [4.69, 9.17) is 9.47 Å². The summed E-state index contributed by atoms with van der Waals surface area (Å²) in [5, 5.41) is 35.2. The lowest BCUT2D eigenvalue weighted by atomic mass is 9.85. The number of nitrogens with one attached hydrogen (secondary N) is 4. The van der Waals surface area contributed by atoms with Crippen molar-refractivity contribution in [2.75, 3.05) is 62.4 Å². The molecule has 0 saturated carbocycles. The van der Waals surface area contributed by atoms with Crippen molar-refractivity contribution in [3.8, 4) is 17.1 Å². The van der Waals surface area contributed by atoms with Crippen LogP contribution in [0.25, 0.3) is 11.4 Å². The van der Waals surface area contributed by atoms with E-state index in [0.29, 0.717) is 85.6 Å². The number of ether oxygens (including phenoxy) is 2. The number of piperazine rings is 1. The number of hydrogen-bond donors (Lipinski definition) is 5. The lowest BCUT2D eigenvalue weighted by Crippen LogP contribution is -2.57. The third-order valence-electron chi connectivity index (χ3n) is 11.8. The van der Waals surface area contributed by atoms with Crippen LogP contribution in [0.15, 0.2) is 48.9 Å². The third kappa shape index (κ3) is 13.6. The molecule has 3 aromatic heterocycles. The summed E-state index contributed by atoms with van der Waals surface area (Å²) in [5.74, 6) is 0.228. The standard InChI is InChI=1S/C48H67N13O8/c1-47(2,3)42(45(66)61-28-31(62)25-35(61)46(67)69-48(4,5)6)54-38(63)17-12-10-11-13-18-39(64)60-23-21-59(22-24-60)30-19-20-36(50-27-30)53-37-26-34(40(56-55-37)44(65)49-7)52-33-16-14-15-32(41(33)68-9)43-51-29-58(8)57-43/h14-16,19-20,26-27,29,31,35,42,62H,10-13,17-18,21-25,28H2,1-9H3,(H,49,65)(H,54,63)(H2,50,52,53,55). The number of aliphatic hydroxyl groups excluding tert-OH is 1. The number of hydrogen-bond acceptors (Lipinski definition) is 16. The number of amides is 4. The summed E-state index contributed by atoms with van der Waals surface area (Å²) in [4.78, 5) is 80.1. The fourth-order valence-corrected chi connectivity index (χ4v) is 8.24. The minimum absolute atomic E-state index is 0.0107. The Bertz CT molecular complexity index is 2440. The minimum Gasteiger partial charge on any atom is -0.494 e. The molecule has 21 heteroatoms. The molecule has 2 aliphatic rings. The van der Waals surface area contributed by atoms with Gasteiger partial charge in [-0.05, 0) is 63.3 Å². The number of methoxy groups -OCH3 is 1. The van der Waals surface area contributed by atoms with Gasteiger partial charge < -0.3 is 50.5 Å². The van der Waals surface area contributed by atoms with Crippen molar-refractivity contribution in [1.82, 2.24) is 50.4 Å². The number of aromatic nitrogens is 6. The van der Waals surface area contributed by atoms with Gasteiger partial charge in [-0.1, -0.05) is 39.7 Å². The normalized spacial score (nSPS) is 16.7. The zero-order chi connectivity index (χ0) is 50.0. The number of para-hydroxylation sites is 1. The van der Waals surface area contributed by atoms with E-state index in [1.165, 1.54) is 11.9 Å². The third-order valence-corrected chi connectivity index (χ3v) is 11.8. The van der Waals surface area contributed by atoms with Crippen LogP contribution in [-0.4, -0.2) is 145 Å². The van der Waals surface area contributed by atoms with E-state index in [9.17, 15) is 29.1 Å². The van der Waals surface area contributed by atoms with Gasteiger partial charge in [0.2, 0.25) is 17.7 Å². The van der Waals surface area contributed by atoms with Crippen LogP contribution in [0.2, 0.25) is 0 Å². The number of aliphatic hydroxyl groups is 1. The average Bonchev–Trinajstić information content (AvgIpc) is 3.93. The number of carbonyl (C=O) groups excluding carboxylic acids is 5. The largest absolute Gasteiger partial charge is 0.494 e. The summed E-state index contributed by atoms with van der Waals surface area (Å²) in [5.41, 5.74) is 1.18. The number of likely N-dealkylation sites (tertiary alicyclic amines) is 1. The number of carbonyl (C=O) groups is 5. The number of rotatable bonds is 18. The maximum Gasteiger partial charge on any atom is 0.329 e. The van der Waals surface area contributed by atoms with E-state index in [1.807, 2.05) is 56.0 Å². The van der Waals surface area contributed by atoms with Gasteiger partial charge in [-0.3, -0.25) is 23.9 Å². The first kappa shape index (κ1) is 51.5. The number of β-amino-alcohol motifs (C(OH)–C–C–N with tert-alkyl or cyclic N) is 1. The predicted octanol–water partition coefficient (Wildman–Crippen LogP) is 4.35. The van der Waals surface area contributed by atoms with E-state index in [0.717, 1.165) is 18.5 Å². The van der Waals surface area contributed by atoms with Crippen LogP contribution in [0.5, 0.6) is 5.75 Å². The predicted molar refractivity (Wildman–Crippen MR) is 259 cm³/mol. The van der Waals surface area contributed by atoms with Gasteiger partial charge in [0.15, 0.2) is 23.1 Å². The Morgan fingerprint density at radius 2 is 1.59 bits per heavy atom. The van der Waals surface area contributed by atoms with Crippen LogP contribution in [0.3, 0.4) is 0 Å². The molecule has 4 amide bonds. The molecule has 4 aromatic rings. The molecule has 2 fully saturated rings. The SMILES string of the molecule is CNC(=O)c1nnc(Nc2ccc(N3CCN(C(=O)CCCCCCC(=O)NC(C(=O)N4CC(O)CC4C(=O)OC(C)(C)C)C(C)(C)C)CC3)cn2)cc1Nc1cccc(-c2ncn(C)n2)c1OC. The first-order valence-corrected chi connectivity index (χ1v) is 23.4. The highest BCUT2D eigenvalue weighted by Crippen LogP contribution is 2.37. The summed E-state index contributed by atoms with van der Waals surface area (Å²) in [6.45, 7) is 13.2. The van der Waals surface area contributed by atoms with Gasteiger partial charge in [-0.2, -0.15) is 5.10 Å².